The number of nitrogens with one attached hydrogen (secondary N) is 2. The molecule has 2 N–H and O–H groups in total. The highest BCUT2D eigenvalue weighted by Crippen LogP contribution is 2.38. The van der Waals surface area contributed by atoms with Crippen molar-refractivity contribution in [1.82, 2.24) is 29.5 Å². The van der Waals surface area contributed by atoms with Crippen LogP contribution in [0.3, 0.4) is 0 Å². The summed E-state index contributed by atoms with van der Waals surface area (Å²) >= 11 is 6.42. The van der Waals surface area contributed by atoms with Gasteiger partial charge < -0.3 is 15.4 Å². The molecule has 200 valence electrons. The van der Waals surface area contributed by atoms with E-state index in [1.807, 2.05) is 18.5 Å². The molecule has 5 rings (SSSR count). The summed E-state index contributed by atoms with van der Waals surface area (Å²) in [5.41, 5.74) is 1.89. The van der Waals surface area contributed by atoms with Crippen LogP contribution in [0.15, 0.2) is 47.8 Å². The van der Waals surface area contributed by atoms with Crippen LogP contribution in [-0.2, 0) is 4.74 Å². The molecule has 0 atom stereocenters. The monoisotopic (exact) mass is 544 g/mol. The zero-order chi connectivity index (χ0) is 25.8. The molecule has 1 saturated carbocycles. The Morgan fingerprint density at radius 2 is 1.84 bits per heavy atom. The number of anilines is 4. The van der Waals surface area contributed by atoms with E-state index in [9.17, 15) is 0 Å². The zero-order valence-corrected chi connectivity index (χ0v) is 23.4. The molecule has 0 amide bonds. The van der Waals surface area contributed by atoms with Crippen LogP contribution >= 0.6 is 22.5 Å². The third kappa shape index (κ3) is 6.38. The molecule has 2 aromatic heterocycles. The quantitative estimate of drug-likeness (QED) is 0.324. The van der Waals surface area contributed by atoms with E-state index in [0.717, 1.165) is 63.5 Å². The van der Waals surface area contributed by atoms with Crippen LogP contribution in [-0.4, -0.2) is 94.5 Å². The minimum absolute atomic E-state index is 0.267. The van der Waals surface area contributed by atoms with E-state index < -0.39 is 0 Å². The van der Waals surface area contributed by atoms with Crippen molar-refractivity contribution in [2.24, 2.45) is 0 Å². The summed E-state index contributed by atoms with van der Waals surface area (Å²) in [6.07, 6.45) is 12.3. The lowest BCUT2D eigenvalue weighted by Gasteiger charge is -2.46. The molecule has 11 heteroatoms. The Morgan fingerprint density at radius 3 is 2.59 bits per heavy atom. The fourth-order valence-corrected chi connectivity index (χ4v) is 6.12. The van der Waals surface area contributed by atoms with Crippen molar-refractivity contribution in [3.05, 3.63) is 47.9 Å². The van der Waals surface area contributed by atoms with Gasteiger partial charge in [-0.3, -0.25) is 14.5 Å². The van der Waals surface area contributed by atoms with Crippen molar-refractivity contribution >= 4 is 45.6 Å². The Labute approximate surface area is 226 Å². The minimum atomic E-state index is -0.267. The topological polar surface area (TPSA) is 83.4 Å². The maximum atomic E-state index is 6.42. The first-order chi connectivity index (χ1) is 18.0. The molecular weight excluding hydrogens is 508 g/mol. The molecule has 0 unspecified atom stereocenters. The molecule has 37 heavy (non-hydrogen) atoms. The first-order valence-electron chi connectivity index (χ1n) is 12.8. The molecule has 1 saturated heterocycles. The highest BCUT2D eigenvalue weighted by atomic mass is 35.5. The number of halogens is 1. The molecule has 0 spiro atoms. The highest BCUT2D eigenvalue weighted by Gasteiger charge is 2.36. The number of hydrogen-bond donors (Lipinski definition) is 3. The van der Waals surface area contributed by atoms with Crippen LogP contribution < -0.4 is 10.6 Å². The summed E-state index contributed by atoms with van der Waals surface area (Å²) in [6.45, 7) is 6.37. The van der Waals surface area contributed by atoms with Gasteiger partial charge in [0.15, 0.2) is 5.82 Å². The van der Waals surface area contributed by atoms with Gasteiger partial charge in [-0.15, -0.1) is 0 Å². The molecule has 0 radical (unpaired) electrons. The molecule has 3 heterocycles. The normalized spacial score (nSPS) is 20.9. The number of benzene rings is 1. The predicted molar refractivity (Wildman–Crippen MR) is 153 cm³/mol. The third-order valence-corrected chi connectivity index (χ3v) is 8.87. The lowest BCUT2D eigenvalue weighted by atomic mass is 9.85. The number of nitrogens with zero attached hydrogens (tertiary/aromatic N) is 6. The smallest absolute Gasteiger partial charge is 0.229 e. The molecular formula is C26H37ClN8OS. The zero-order valence-electron chi connectivity index (χ0n) is 21.8. The van der Waals surface area contributed by atoms with Gasteiger partial charge in [0.25, 0.3) is 0 Å². The van der Waals surface area contributed by atoms with Crippen molar-refractivity contribution in [3.63, 3.8) is 0 Å². The largest absolute Gasteiger partial charge is 0.383 e. The van der Waals surface area contributed by atoms with Gasteiger partial charge in [-0.25, -0.2) is 15.9 Å². The van der Waals surface area contributed by atoms with Crippen LogP contribution in [0.2, 0.25) is 5.02 Å². The Balaban J connectivity index is 1.16. The summed E-state index contributed by atoms with van der Waals surface area (Å²) in [4.78, 5) is 15.4. The van der Waals surface area contributed by atoms with Gasteiger partial charge in [0, 0.05) is 57.0 Å². The predicted octanol–water partition coefficient (Wildman–Crippen LogP) is 4.40. The van der Waals surface area contributed by atoms with Gasteiger partial charge in [0.05, 0.1) is 36.4 Å². The van der Waals surface area contributed by atoms with E-state index in [4.69, 9.17) is 16.3 Å². The summed E-state index contributed by atoms with van der Waals surface area (Å²) in [5, 5.41) is 11.8. The second kappa shape index (κ2) is 12.0. The van der Waals surface area contributed by atoms with Crippen LogP contribution in [0.25, 0.3) is 0 Å². The van der Waals surface area contributed by atoms with Gasteiger partial charge in [0.2, 0.25) is 5.95 Å². The number of thiol groups is 1. The SMILES string of the molecule is COCCN1CCN(C2CC(n3cc(Nc4ncc(Cl)c(Nc5ccccc5[SH](C)C)n4)cn3)C2)CC1. The van der Waals surface area contributed by atoms with E-state index in [0.29, 0.717) is 28.9 Å². The number of para-hydroxylation sites is 1. The molecule has 0 bridgehead atoms. The number of piperazine rings is 1. The molecule has 1 aromatic carbocycles. The Bertz CT molecular complexity index is 1180. The molecule has 3 aromatic rings. The second-order valence-corrected chi connectivity index (χ2v) is 12.6. The standard InChI is InChI=1S/C26H37ClN8OS/c1-36-13-12-33-8-10-34(11-9-33)20-14-21(15-20)35-18-19(16-29-35)30-26-28-17-22(27)25(32-26)31-23-6-4-5-7-24(23)37(2)3/h4-7,16-18,20-21,37H,8-15H2,1-3H3,(H2,28,30,31,32). The maximum Gasteiger partial charge on any atom is 0.229 e. The number of methoxy groups -OCH3 is 1. The van der Waals surface area contributed by atoms with Crippen molar-refractivity contribution in [3.8, 4) is 0 Å². The van der Waals surface area contributed by atoms with Gasteiger partial charge in [-0.2, -0.15) is 10.1 Å². The lowest BCUT2D eigenvalue weighted by molar-refractivity contribution is 0.0266. The Hall–Kier alpha value is -2.37. The Morgan fingerprint density at radius 1 is 1.05 bits per heavy atom. The van der Waals surface area contributed by atoms with E-state index in [2.05, 4.69) is 70.9 Å². The van der Waals surface area contributed by atoms with E-state index >= 15 is 0 Å². The number of rotatable bonds is 10. The maximum absolute atomic E-state index is 6.42. The summed E-state index contributed by atoms with van der Waals surface area (Å²) in [7, 11) is 1.50. The summed E-state index contributed by atoms with van der Waals surface area (Å²) in [5.74, 6) is 1.07. The second-order valence-electron chi connectivity index (χ2n) is 9.91. The van der Waals surface area contributed by atoms with Crippen LogP contribution in [0.1, 0.15) is 18.9 Å². The minimum Gasteiger partial charge on any atom is -0.383 e. The molecule has 1 aliphatic carbocycles. The Kier molecular flexibility index (Phi) is 8.51. The number of aromatic nitrogens is 4. The summed E-state index contributed by atoms with van der Waals surface area (Å²) in [6, 6.07) is 9.36. The van der Waals surface area contributed by atoms with Crippen molar-refractivity contribution in [2.45, 2.75) is 29.8 Å². The van der Waals surface area contributed by atoms with Crippen molar-refractivity contribution in [2.75, 3.05) is 69.6 Å². The lowest BCUT2D eigenvalue weighted by Crippen LogP contribution is -2.54. The van der Waals surface area contributed by atoms with Crippen LogP contribution in [0.4, 0.5) is 23.1 Å². The molecule has 2 aliphatic rings. The van der Waals surface area contributed by atoms with Gasteiger partial charge in [-0.1, -0.05) is 23.7 Å². The van der Waals surface area contributed by atoms with Crippen LogP contribution in [0, 0.1) is 0 Å². The summed E-state index contributed by atoms with van der Waals surface area (Å²) < 4.78 is 7.29. The fraction of sp³-hybridized carbons (Fsp3) is 0.500. The number of hydrogen-bond acceptors (Lipinski definition) is 8. The molecule has 2 fully saturated rings. The van der Waals surface area contributed by atoms with Gasteiger partial charge in [-0.05, 0) is 37.5 Å². The van der Waals surface area contributed by atoms with E-state index in [-0.39, 0.29) is 10.9 Å². The average molecular weight is 545 g/mol. The van der Waals surface area contributed by atoms with Crippen molar-refractivity contribution < 1.29 is 4.74 Å². The molecule has 9 nitrogen and oxygen atoms in total. The van der Waals surface area contributed by atoms with E-state index in [1.165, 1.54) is 4.90 Å². The highest BCUT2D eigenvalue weighted by molar-refractivity contribution is 8.16. The number of ether oxygens (including phenoxy) is 1. The van der Waals surface area contributed by atoms with Gasteiger partial charge >= 0.3 is 0 Å². The first-order valence-corrected chi connectivity index (χ1v) is 15.4. The average Bonchev–Trinajstić information content (AvgIpc) is 3.32. The fourth-order valence-electron chi connectivity index (χ4n) is 4.99. The first kappa shape index (κ1) is 26.2. The van der Waals surface area contributed by atoms with E-state index in [1.54, 1.807) is 13.3 Å². The van der Waals surface area contributed by atoms with Gasteiger partial charge in [0.1, 0.15) is 5.02 Å². The van der Waals surface area contributed by atoms with Crippen LogP contribution in [0.5, 0.6) is 0 Å². The third-order valence-electron chi connectivity index (χ3n) is 7.24. The van der Waals surface area contributed by atoms with Crippen molar-refractivity contribution in [1.29, 1.82) is 0 Å². The molecule has 1 aliphatic heterocycles.